The molecule has 1 atom stereocenters. The molecule has 2 aromatic carbocycles. The SMILES string of the molecule is N#Cc1ccc2c(c1)C(F)(F)C[C@@H]2Nc1ccc2[nH]nc(-c3cnco3)c2c1. The summed E-state index contributed by atoms with van der Waals surface area (Å²) in [7, 11) is 0. The molecule has 5 rings (SSSR count). The molecule has 1 aliphatic rings. The number of aromatic nitrogens is 3. The predicted octanol–water partition coefficient (Wildman–Crippen LogP) is 4.74. The van der Waals surface area contributed by atoms with Crippen LogP contribution in [0, 0.1) is 11.3 Å². The zero-order valence-electron chi connectivity index (χ0n) is 14.4. The fourth-order valence-corrected chi connectivity index (χ4v) is 3.68. The lowest BCUT2D eigenvalue weighted by molar-refractivity contribution is -0.00529. The first-order valence-electron chi connectivity index (χ1n) is 8.61. The quantitative estimate of drug-likeness (QED) is 0.538. The highest BCUT2D eigenvalue weighted by atomic mass is 19.3. The normalized spacial score (nSPS) is 17.4. The molecule has 4 aromatic rings. The van der Waals surface area contributed by atoms with Crippen molar-refractivity contribution in [2.45, 2.75) is 18.4 Å². The van der Waals surface area contributed by atoms with Gasteiger partial charge in [-0.25, -0.2) is 13.8 Å². The number of anilines is 1. The molecule has 1 aliphatic carbocycles. The second kappa shape index (κ2) is 5.89. The topological polar surface area (TPSA) is 90.5 Å². The number of halogens is 2. The van der Waals surface area contributed by atoms with Crippen molar-refractivity contribution < 1.29 is 13.2 Å². The first-order chi connectivity index (χ1) is 13.5. The van der Waals surface area contributed by atoms with Crippen LogP contribution in [0.15, 0.2) is 53.4 Å². The van der Waals surface area contributed by atoms with Crippen LogP contribution in [-0.4, -0.2) is 15.2 Å². The van der Waals surface area contributed by atoms with Gasteiger partial charge in [-0.1, -0.05) is 6.07 Å². The highest BCUT2D eigenvalue weighted by Crippen LogP contribution is 2.48. The molecule has 0 bridgehead atoms. The lowest BCUT2D eigenvalue weighted by atomic mass is 10.0. The molecule has 2 heterocycles. The van der Waals surface area contributed by atoms with Gasteiger partial charge in [0.2, 0.25) is 0 Å². The smallest absolute Gasteiger partial charge is 0.275 e. The number of H-pyrrole nitrogens is 1. The number of rotatable bonds is 3. The van der Waals surface area contributed by atoms with Gasteiger partial charge in [-0.15, -0.1) is 0 Å². The second-order valence-electron chi connectivity index (χ2n) is 6.72. The van der Waals surface area contributed by atoms with Gasteiger partial charge in [-0.05, 0) is 35.9 Å². The molecule has 0 saturated heterocycles. The first kappa shape index (κ1) is 16.4. The molecular weight excluding hydrogens is 364 g/mol. The zero-order chi connectivity index (χ0) is 19.3. The van der Waals surface area contributed by atoms with Crippen LogP contribution in [0.1, 0.15) is 29.2 Å². The van der Waals surface area contributed by atoms with Crippen molar-refractivity contribution in [2.24, 2.45) is 0 Å². The number of fused-ring (bicyclic) bond motifs is 2. The monoisotopic (exact) mass is 377 g/mol. The number of oxazole rings is 1. The van der Waals surface area contributed by atoms with Crippen molar-refractivity contribution >= 4 is 16.6 Å². The molecular formula is C20H13F2N5O. The Bertz CT molecular complexity index is 1220. The number of alkyl halides is 2. The molecule has 8 heteroatoms. The Balaban J connectivity index is 1.51. The summed E-state index contributed by atoms with van der Waals surface area (Å²) >= 11 is 0. The number of nitrogens with one attached hydrogen (secondary N) is 2. The lowest BCUT2D eigenvalue weighted by Crippen LogP contribution is -2.11. The summed E-state index contributed by atoms with van der Waals surface area (Å²) in [6.07, 6.45) is 2.52. The van der Waals surface area contributed by atoms with Crippen molar-refractivity contribution in [2.75, 3.05) is 5.32 Å². The minimum atomic E-state index is -2.98. The largest absolute Gasteiger partial charge is 0.442 e. The van der Waals surface area contributed by atoms with E-state index < -0.39 is 12.0 Å². The van der Waals surface area contributed by atoms with Crippen LogP contribution < -0.4 is 5.32 Å². The van der Waals surface area contributed by atoms with E-state index in [1.165, 1.54) is 12.5 Å². The van der Waals surface area contributed by atoms with Crippen LogP contribution in [-0.2, 0) is 5.92 Å². The van der Waals surface area contributed by atoms with Gasteiger partial charge in [0.1, 0.15) is 5.69 Å². The minimum Gasteiger partial charge on any atom is -0.442 e. The summed E-state index contributed by atoms with van der Waals surface area (Å²) in [5, 5.41) is 20.2. The molecule has 0 radical (unpaired) electrons. The summed E-state index contributed by atoms with van der Waals surface area (Å²) < 4.78 is 34.3. The number of hydrogen-bond donors (Lipinski definition) is 2. The van der Waals surface area contributed by atoms with Gasteiger partial charge < -0.3 is 9.73 Å². The van der Waals surface area contributed by atoms with Crippen molar-refractivity contribution in [3.05, 3.63) is 65.7 Å². The number of aromatic amines is 1. The maximum atomic E-state index is 14.5. The van der Waals surface area contributed by atoms with E-state index in [-0.39, 0.29) is 17.5 Å². The standard InChI is InChI=1S/C20H13F2N5O/c21-20(22)7-17(13-3-1-11(8-23)5-15(13)20)25-12-2-4-16-14(6-12)19(27-26-16)18-9-24-10-28-18/h1-6,9-10,17,25H,7H2,(H,26,27)/t17-/m0/s1. The highest BCUT2D eigenvalue weighted by Gasteiger charge is 2.45. The highest BCUT2D eigenvalue weighted by molar-refractivity contribution is 5.93. The molecule has 138 valence electrons. The molecule has 0 unspecified atom stereocenters. The summed E-state index contributed by atoms with van der Waals surface area (Å²) in [5.41, 5.74) is 2.74. The van der Waals surface area contributed by atoms with E-state index in [9.17, 15) is 8.78 Å². The Kier molecular flexibility index (Phi) is 3.46. The Morgan fingerprint density at radius 1 is 1.25 bits per heavy atom. The predicted molar refractivity (Wildman–Crippen MR) is 97.6 cm³/mol. The van der Waals surface area contributed by atoms with Gasteiger partial charge in [0.05, 0.1) is 29.4 Å². The lowest BCUT2D eigenvalue weighted by Gasteiger charge is -2.15. The van der Waals surface area contributed by atoms with Crippen LogP contribution >= 0.6 is 0 Å². The van der Waals surface area contributed by atoms with Gasteiger partial charge in [0.15, 0.2) is 12.2 Å². The zero-order valence-corrected chi connectivity index (χ0v) is 14.4. The molecule has 0 spiro atoms. The van der Waals surface area contributed by atoms with E-state index >= 15 is 0 Å². The van der Waals surface area contributed by atoms with Crippen molar-refractivity contribution in [1.29, 1.82) is 5.26 Å². The fraction of sp³-hybridized carbons (Fsp3) is 0.150. The maximum absolute atomic E-state index is 14.5. The maximum Gasteiger partial charge on any atom is 0.275 e. The average Bonchev–Trinajstić information content (AvgIpc) is 3.40. The third-order valence-electron chi connectivity index (χ3n) is 4.98. The molecule has 0 amide bonds. The summed E-state index contributed by atoms with van der Waals surface area (Å²) in [6, 6.07) is 11.3. The van der Waals surface area contributed by atoms with Crippen LogP contribution in [0.4, 0.5) is 14.5 Å². The summed E-state index contributed by atoms with van der Waals surface area (Å²) in [6.45, 7) is 0. The molecule has 2 aromatic heterocycles. The molecule has 2 N–H and O–H groups in total. The molecule has 0 saturated carbocycles. The second-order valence-corrected chi connectivity index (χ2v) is 6.72. The molecule has 0 fully saturated rings. The van der Waals surface area contributed by atoms with Crippen molar-refractivity contribution in [3.8, 4) is 17.5 Å². The van der Waals surface area contributed by atoms with Gasteiger partial charge in [0.25, 0.3) is 5.92 Å². The summed E-state index contributed by atoms with van der Waals surface area (Å²) in [5.74, 6) is -2.46. The number of nitrogens with zero attached hydrogens (tertiary/aromatic N) is 3. The Morgan fingerprint density at radius 2 is 2.14 bits per heavy atom. The van der Waals surface area contributed by atoms with Gasteiger partial charge in [0, 0.05) is 23.1 Å². The Labute approximate surface area is 157 Å². The van der Waals surface area contributed by atoms with Gasteiger partial charge in [-0.2, -0.15) is 10.4 Å². The number of hydrogen-bond acceptors (Lipinski definition) is 5. The Morgan fingerprint density at radius 3 is 2.93 bits per heavy atom. The first-order valence-corrected chi connectivity index (χ1v) is 8.61. The van der Waals surface area contributed by atoms with E-state index in [4.69, 9.17) is 9.68 Å². The van der Waals surface area contributed by atoms with E-state index in [2.05, 4.69) is 20.5 Å². The van der Waals surface area contributed by atoms with Crippen molar-refractivity contribution in [1.82, 2.24) is 15.2 Å². The molecule has 0 aliphatic heterocycles. The number of benzene rings is 2. The van der Waals surface area contributed by atoms with Gasteiger partial charge in [-0.3, -0.25) is 5.10 Å². The van der Waals surface area contributed by atoms with E-state index in [0.717, 1.165) is 10.9 Å². The van der Waals surface area contributed by atoms with E-state index in [0.29, 0.717) is 22.7 Å². The van der Waals surface area contributed by atoms with Crippen LogP contribution in [0.25, 0.3) is 22.4 Å². The van der Waals surface area contributed by atoms with Crippen LogP contribution in [0.2, 0.25) is 0 Å². The van der Waals surface area contributed by atoms with E-state index in [1.807, 2.05) is 24.3 Å². The molecule has 6 nitrogen and oxygen atoms in total. The Hall–Kier alpha value is -3.73. The van der Waals surface area contributed by atoms with Crippen molar-refractivity contribution in [3.63, 3.8) is 0 Å². The molecule has 28 heavy (non-hydrogen) atoms. The minimum absolute atomic E-state index is 0.0872. The van der Waals surface area contributed by atoms with Crippen LogP contribution in [0.5, 0.6) is 0 Å². The fourth-order valence-electron chi connectivity index (χ4n) is 3.68. The van der Waals surface area contributed by atoms with Crippen LogP contribution in [0.3, 0.4) is 0 Å². The third-order valence-corrected chi connectivity index (χ3v) is 4.98. The number of nitriles is 1. The average molecular weight is 377 g/mol. The van der Waals surface area contributed by atoms with Gasteiger partial charge >= 0.3 is 0 Å². The third kappa shape index (κ3) is 2.52. The summed E-state index contributed by atoms with van der Waals surface area (Å²) in [4.78, 5) is 3.90. The van der Waals surface area contributed by atoms with E-state index in [1.54, 1.807) is 18.3 Å².